The summed E-state index contributed by atoms with van der Waals surface area (Å²) in [5.41, 5.74) is 0.919. The summed E-state index contributed by atoms with van der Waals surface area (Å²) in [6.07, 6.45) is -2.24. The second-order valence-electron chi connectivity index (χ2n) is 3.54. The van der Waals surface area contributed by atoms with Crippen molar-refractivity contribution in [3.63, 3.8) is 0 Å². The van der Waals surface area contributed by atoms with E-state index >= 15 is 0 Å². The molecule has 0 saturated heterocycles. The fourth-order valence-corrected chi connectivity index (χ4v) is 1.63. The minimum absolute atomic E-state index is 0.231. The van der Waals surface area contributed by atoms with E-state index in [0.29, 0.717) is 6.42 Å². The molecule has 0 saturated carbocycles. The van der Waals surface area contributed by atoms with Crippen molar-refractivity contribution < 1.29 is 13.2 Å². The minimum atomic E-state index is -4.42. The van der Waals surface area contributed by atoms with Gasteiger partial charge in [-0.3, -0.25) is 0 Å². The molecule has 2 rings (SSSR count). The van der Waals surface area contributed by atoms with Crippen LogP contribution in [0.4, 0.5) is 13.2 Å². The SMILES string of the molecule is CCc1c(C)cnc2cc(C(F)(F)F)nn12. The van der Waals surface area contributed by atoms with E-state index in [1.165, 1.54) is 4.52 Å². The average Bonchev–Trinajstić information content (AvgIpc) is 2.60. The summed E-state index contributed by atoms with van der Waals surface area (Å²) in [5, 5.41) is 3.54. The average molecular weight is 229 g/mol. The predicted molar refractivity (Wildman–Crippen MR) is 52.1 cm³/mol. The fraction of sp³-hybridized carbons (Fsp3) is 0.400. The summed E-state index contributed by atoms with van der Waals surface area (Å²) >= 11 is 0. The highest BCUT2D eigenvalue weighted by molar-refractivity contribution is 5.42. The predicted octanol–water partition coefficient (Wildman–Crippen LogP) is 2.62. The van der Waals surface area contributed by atoms with Gasteiger partial charge in [-0.15, -0.1) is 0 Å². The number of aromatic nitrogens is 3. The molecule has 0 atom stereocenters. The summed E-state index contributed by atoms with van der Waals surface area (Å²) in [5.74, 6) is 0. The fourth-order valence-electron chi connectivity index (χ4n) is 1.63. The van der Waals surface area contributed by atoms with Crippen molar-refractivity contribution in [1.82, 2.24) is 14.6 Å². The Morgan fingerprint density at radius 1 is 1.38 bits per heavy atom. The molecule has 0 unspecified atom stereocenters. The highest BCUT2D eigenvalue weighted by atomic mass is 19.4. The van der Waals surface area contributed by atoms with Gasteiger partial charge in [-0.1, -0.05) is 6.92 Å². The summed E-state index contributed by atoms with van der Waals surface area (Å²) in [7, 11) is 0. The van der Waals surface area contributed by atoms with Gasteiger partial charge < -0.3 is 0 Å². The summed E-state index contributed by atoms with van der Waals surface area (Å²) in [4.78, 5) is 3.92. The van der Waals surface area contributed by atoms with E-state index in [0.717, 1.165) is 17.3 Å². The molecule has 16 heavy (non-hydrogen) atoms. The highest BCUT2D eigenvalue weighted by Crippen LogP contribution is 2.28. The van der Waals surface area contributed by atoms with E-state index in [-0.39, 0.29) is 5.65 Å². The van der Waals surface area contributed by atoms with E-state index in [1.807, 2.05) is 6.92 Å². The lowest BCUT2D eigenvalue weighted by Crippen LogP contribution is -2.07. The van der Waals surface area contributed by atoms with Crippen molar-refractivity contribution in [2.75, 3.05) is 0 Å². The zero-order valence-corrected chi connectivity index (χ0v) is 8.84. The Hall–Kier alpha value is -1.59. The third-order valence-electron chi connectivity index (χ3n) is 2.42. The van der Waals surface area contributed by atoms with Crippen LogP contribution < -0.4 is 0 Å². The monoisotopic (exact) mass is 229 g/mol. The van der Waals surface area contributed by atoms with Gasteiger partial charge in [0.2, 0.25) is 0 Å². The van der Waals surface area contributed by atoms with Gasteiger partial charge >= 0.3 is 6.18 Å². The van der Waals surface area contributed by atoms with Gasteiger partial charge in [0, 0.05) is 18.0 Å². The van der Waals surface area contributed by atoms with Crippen molar-refractivity contribution in [3.8, 4) is 0 Å². The van der Waals surface area contributed by atoms with Gasteiger partial charge in [-0.25, -0.2) is 9.50 Å². The standard InChI is InChI=1S/C10H10F3N3/c1-3-7-6(2)5-14-9-4-8(10(11,12)13)15-16(7)9/h4-5H,3H2,1-2H3. The maximum absolute atomic E-state index is 12.5. The molecule has 2 heterocycles. The molecule has 0 bridgehead atoms. The molecule has 0 aliphatic carbocycles. The molecule has 0 spiro atoms. The first-order valence-corrected chi connectivity index (χ1v) is 4.85. The number of alkyl halides is 3. The van der Waals surface area contributed by atoms with Crippen molar-refractivity contribution in [2.45, 2.75) is 26.4 Å². The van der Waals surface area contributed by atoms with Crippen LogP contribution in [0.15, 0.2) is 12.3 Å². The van der Waals surface area contributed by atoms with Crippen LogP contribution in [0.25, 0.3) is 5.65 Å². The third-order valence-corrected chi connectivity index (χ3v) is 2.42. The number of hydrogen-bond donors (Lipinski definition) is 0. The molecule has 2 aromatic heterocycles. The van der Waals surface area contributed by atoms with Crippen LogP contribution in [0.2, 0.25) is 0 Å². The van der Waals surface area contributed by atoms with E-state index in [4.69, 9.17) is 0 Å². The lowest BCUT2D eigenvalue weighted by atomic mass is 10.2. The number of fused-ring (bicyclic) bond motifs is 1. The van der Waals surface area contributed by atoms with E-state index in [9.17, 15) is 13.2 Å². The van der Waals surface area contributed by atoms with Crippen molar-refractivity contribution >= 4 is 5.65 Å². The maximum Gasteiger partial charge on any atom is 0.435 e. The van der Waals surface area contributed by atoms with Gasteiger partial charge in [-0.2, -0.15) is 18.3 Å². The molecular formula is C10H10F3N3. The number of rotatable bonds is 1. The molecule has 6 heteroatoms. The lowest BCUT2D eigenvalue weighted by molar-refractivity contribution is -0.141. The number of hydrogen-bond acceptors (Lipinski definition) is 2. The first-order valence-electron chi connectivity index (χ1n) is 4.85. The van der Waals surface area contributed by atoms with Gasteiger partial charge in [0.1, 0.15) is 0 Å². The van der Waals surface area contributed by atoms with Crippen LogP contribution in [0.5, 0.6) is 0 Å². The summed E-state index contributed by atoms with van der Waals surface area (Å²) in [6.45, 7) is 3.68. The quantitative estimate of drug-likeness (QED) is 0.752. The van der Waals surface area contributed by atoms with Gasteiger partial charge in [-0.05, 0) is 18.9 Å². The minimum Gasteiger partial charge on any atom is -0.237 e. The summed E-state index contributed by atoms with van der Waals surface area (Å²) in [6, 6.07) is 0.957. The Bertz CT molecular complexity index is 528. The maximum atomic E-state index is 12.5. The zero-order chi connectivity index (χ0) is 11.9. The Balaban J connectivity index is 2.71. The lowest BCUT2D eigenvalue weighted by Gasteiger charge is -2.04. The number of halogens is 3. The smallest absolute Gasteiger partial charge is 0.237 e. The molecule has 0 fully saturated rings. The largest absolute Gasteiger partial charge is 0.435 e. The number of nitrogens with zero attached hydrogens (tertiary/aromatic N) is 3. The van der Waals surface area contributed by atoms with Crippen molar-refractivity contribution in [1.29, 1.82) is 0 Å². The second-order valence-corrected chi connectivity index (χ2v) is 3.54. The molecule has 0 aliphatic rings. The molecule has 0 aromatic carbocycles. The molecule has 0 aliphatic heterocycles. The molecular weight excluding hydrogens is 219 g/mol. The van der Waals surface area contributed by atoms with Crippen LogP contribution in [-0.2, 0) is 12.6 Å². The molecule has 0 radical (unpaired) electrons. The van der Waals surface area contributed by atoms with Gasteiger partial charge in [0.25, 0.3) is 0 Å². The third kappa shape index (κ3) is 1.64. The Kier molecular flexibility index (Phi) is 2.36. The first-order chi connectivity index (χ1) is 7.43. The van der Waals surface area contributed by atoms with Crippen LogP contribution in [-0.4, -0.2) is 14.6 Å². The second kappa shape index (κ2) is 3.47. The Labute approximate surface area is 89.9 Å². The normalized spacial score (nSPS) is 12.3. The molecule has 0 amide bonds. The van der Waals surface area contributed by atoms with E-state index < -0.39 is 11.9 Å². The molecule has 3 nitrogen and oxygen atoms in total. The zero-order valence-electron chi connectivity index (χ0n) is 8.84. The van der Waals surface area contributed by atoms with Crippen molar-refractivity contribution in [2.24, 2.45) is 0 Å². The Morgan fingerprint density at radius 2 is 2.06 bits per heavy atom. The van der Waals surface area contributed by atoms with Gasteiger partial charge in [0.15, 0.2) is 11.3 Å². The summed E-state index contributed by atoms with van der Waals surface area (Å²) < 4.78 is 38.6. The van der Waals surface area contributed by atoms with Crippen molar-refractivity contribution in [3.05, 3.63) is 29.2 Å². The van der Waals surface area contributed by atoms with Crippen LogP contribution in [0.3, 0.4) is 0 Å². The van der Waals surface area contributed by atoms with Gasteiger partial charge in [0.05, 0.1) is 0 Å². The topological polar surface area (TPSA) is 30.2 Å². The molecule has 2 aromatic rings. The number of aryl methyl sites for hydroxylation is 2. The highest BCUT2D eigenvalue weighted by Gasteiger charge is 2.34. The first kappa shape index (κ1) is 10.9. The van der Waals surface area contributed by atoms with E-state index in [2.05, 4.69) is 10.1 Å². The van der Waals surface area contributed by atoms with Crippen LogP contribution in [0, 0.1) is 6.92 Å². The van der Waals surface area contributed by atoms with Crippen LogP contribution in [0.1, 0.15) is 23.9 Å². The molecule has 0 N–H and O–H groups in total. The Morgan fingerprint density at radius 3 is 2.62 bits per heavy atom. The van der Waals surface area contributed by atoms with E-state index in [1.54, 1.807) is 13.1 Å². The van der Waals surface area contributed by atoms with Crippen LogP contribution >= 0.6 is 0 Å². The molecule has 86 valence electrons.